The van der Waals surface area contributed by atoms with E-state index in [9.17, 15) is 14.0 Å². The lowest BCUT2D eigenvalue weighted by molar-refractivity contribution is -0.121. The van der Waals surface area contributed by atoms with Crippen LogP contribution in [0.3, 0.4) is 0 Å². The fourth-order valence-electron chi connectivity index (χ4n) is 3.05. The zero-order valence-electron chi connectivity index (χ0n) is 13.2. The number of aryl methyl sites for hydroxylation is 1. The molecular formula is C19H19FN2O2. The van der Waals surface area contributed by atoms with Crippen molar-refractivity contribution in [1.29, 1.82) is 0 Å². The van der Waals surface area contributed by atoms with E-state index in [0.29, 0.717) is 0 Å². The van der Waals surface area contributed by atoms with Gasteiger partial charge in [-0.05, 0) is 42.5 Å². The molecule has 24 heavy (non-hydrogen) atoms. The molecule has 124 valence electrons. The quantitative estimate of drug-likeness (QED) is 0.908. The normalized spacial score (nSPS) is 16.1. The summed E-state index contributed by atoms with van der Waals surface area (Å²) in [5.74, 6) is -1.47. The molecule has 0 spiro atoms. The highest BCUT2D eigenvalue weighted by Crippen LogP contribution is 2.29. The largest absolute Gasteiger partial charge is 0.348 e. The summed E-state index contributed by atoms with van der Waals surface area (Å²) >= 11 is 0. The standard InChI is InChI=1S/C19H19FN2O2/c20-16-10-4-3-9-15(16)19(24)21-12-18(23)22-17-11-5-7-13-6-1-2-8-14(13)17/h1-4,6,8-10,17H,5,7,11-12H2,(H,21,24)(H,22,23)/t17-/m1/s1. The molecular weight excluding hydrogens is 307 g/mol. The Kier molecular flexibility index (Phi) is 4.89. The van der Waals surface area contributed by atoms with Gasteiger partial charge in [-0.1, -0.05) is 36.4 Å². The molecule has 3 rings (SSSR count). The average molecular weight is 326 g/mol. The van der Waals surface area contributed by atoms with Gasteiger partial charge in [0.1, 0.15) is 5.82 Å². The molecule has 0 unspecified atom stereocenters. The monoisotopic (exact) mass is 326 g/mol. The Morgan fingerprint density at radius 2 is 1.83 bits per heavy atom. The van der Waals surface area contributed by atoms with Gasteiger partial charge in [0, 0.05) is 0 Å². The van der Waals surface area contributed by atoms with Gasteiger partial charge in [0.2, 0.25) is 5.91 Å². The van der Waals surface area contributed by atoms with Crippen LogP contribution in [0.25, 0.3) is 0 Å². The number of halogens is 1. The second-order valence-electron chi connectivity index (χ2n) is 5.87. The molecule has 0 bridgehead atoms. The molecule has 4 nitrogen and oxygen atoms in total. The van der Waals surface area contributed by atoms with Crippen LogP contribution >= 0.6 is 0 Å². The molecule has 0 saturated heterocycles. The van der Waals surface area contributed by atoms with Crippen LogP contribution in [0.5, 0.6) is 0 Å². The van der Waals surface area contributed by atoms with Crippen molar-refractivity contribution in [2.45, 2.75) is 25.3 Å². The van der Waals surface area contributed by atoms with Crippen LogP contribution in [0, 0.1) is 5.82 Å². The summed E-state index contributed by atoms with van der Waals surface area (Å²) in [5, 5.41) is 5.41. The third-order valence-electron chi connectivity index (χ3n) is 4.23. The lowest BCUT2D eigenvalue weighted by atomic mass is 9.88. The number of amides is 2. The molecule has 2 aromatic carbocycles. The maximum atomic E-state index is 13.5. The van der Waals surface area contributed by atoms with E-state index in [-0.39, 0.29) is 24.1 Å². The number of hydrogen-bond donors (Lipinski definition) is 2. The third-order valence-corrected chi connectivity index (χ3v) is 4.23. The van der Waals surface area contributed by atoms with E-state index in [0.717, 1.165) is 24.8 Å². The van der Waals surface area contributed by atoms with Crippen molar-refractivity contribution < 1.29 is 14.0 Å². The van der Waals surface area contributed by atoms with Crippen LogP contribution in [0.15, 0.2) is 48.5 Å². The Morgan fingerprint density at radius 1 is 1.08 bits per heavy atom. The minimum absolute atomic E-state index is 0.0344. The van der Waals surface area contributed by atoms with Gasteiger partial charge < -0.3 is 10.6 Å². The topological polar surface area (TPSA) is 58.2 Å². The molecule has 0 radical (unpaired) electrons. The molecule has 0 fully saturated rings. The van der Waals surface area contributed by atoms with Crippen LogP contribution in [0.4, 0.5) is 4.39 Å². The molecule has 2 amide bonds. The van der Waals surface area contributed by atoms with Crippen molar-refractivity contribution in [3.05, 3.63) is 71.0 Å². The van der Waals surface area contributed by atoms with E-state index in [1.165, 1.54) is 23.8 Å². The summed E-state index contributed by atoms with van der Waals surface area (Å²) in [6.45, 7) is -0.175. The van der Waals surface area contributed by atoms with Crippen LogP contribution < -0.4 is 10.6 Å². The number of fused-ring (bicyclic) bond motifs is 1. The molecule has 0 aliphatic heterocycles. The minimum Gasteiger partial charge on any atom is -0.348 e. The van der Waals surface area contributed by atoms with Crippen molar-refractivity contribution in [1.82, 2.24) is 10.6 Å². The third kappa shape index (κ3) is 3.62. The maximum absolute atomic E-state index is 13.5. The van der Waals surface area contributed by atoms with Crippen LogP contribution in [0.2, 0.25) is 0 Å². The number of hydrogen-bond acceptors (Lipinski definition) is 2. The smallest absolute Gasteiger partial charge is 0.254 e. The Balaban J connectivity index is 1.57. The molecule has 1 atom stereocenters. The van der Waals surface area contributed by atoms with Gasteiger partial charge in [-0.2, -0.15) is 0 Å². The Morgan fingerprint density at radius 3 is 2.67 bits per heavy atom. The second-order valence-corrected chi connectivity index (χ2v) is 5.87. The Labute approximate surface area is 140 Å². The number of carbonyl (C=O) groups is 2. The van der Waals surface area contributed by atoms with E-state index in [1.807, 2.05) is 18.2 Å². The second kappa shape index (κ2) is 7.25. The molecule has 0 saturated carbocycles. The van der Waals surface area contributed by atoms with Gasteiger partial charge in [0.05, 0.1) is 18.2 Å². The first-order valence-electron chi connectivity index (χ1n) is 8.05. The predicted molar refractivity (Wildman–Crippen MR) is 89.0 cm³/mol. The number of rotatable bonds is 4. The highest BCUT2D eigenvalue weighted by Gasteiger charge is 2.21. The lowest BCUT2D eigenvalue weighted by Gasteiger charge is -2.26. The van der Waals surface area contributed by atoms with Gasteiger partial charge in [-0.3, -0.25) is 9.59 Å². The molecule has 5 heteroatoms. The summed E-state index contributed by atoms with van der Waals surface area (Å²) in [4.78, 5) is 24.1. The van der Waals surface area contributed by atoms with Crippen molar-refractivity contribution in [2.24, 2.45) is 0 Å². The maximum Gasteiger partial charge on any atom is 0.254 e. The van der Waals surface area contributed by atoms with Crippen molar-refractivity contribution in [2.75, 3.05) is 6.54 Å². The Bertz CT molecular complexity index is 761. The van der Waals surface area contributed by atoms with E-state index >= 15 is 0 Å². The number of benzene rings is 2. The minimum atomic E-state index is -0.600. The first-order chi connectivity index (χ1) is 11.6. The van der Waals surface area contributed by atoms with Crippen LogP contribution in [0.1, 0.15) is 40.4 Å². The van der Waals surface area contributed by atoms with E-state index in [1.54, 1.807) is 6.07 Å². The molecule has 2 N–H and O–H groups in total. The Hall–Kier alpha value is -2.69. The molecule has 1 aliphatic rings. The zero-order chi connectivity index (χ0) is 16.9. The summed E-state index contributed by atoms with van der Waals surface area (Å²) < 4.78 is 13.5. The predicted octanol–water partition coefficient (Wildman–Crippen LogP) is 2.75. The first kappa shape index (κ1) is 16.2. The summed E-state index contributed by atoms with van der Waals surface area (Å²) in [5.41, 5.74) is 2.33. The first-order valence-corrected chi connectivity index (χ1v) is 8.05. The van der Waals surface area contributed by atoms with Gasteiger partial charge in [0.25, 0.3) is 5.91 Å². The summed E-state index contributed by atoms with van der Waals surface area (Å²) in [6.07, 6.45) is 2.92. The van der Waals surface area contributed by atoms with Crippen molar-refractivity contribution in [3.63, 3.8) is 0 Å². The fourth-order valence-corrected chi connectivity index (χ4v) is 3.05. The van der Waals surface area contributed by atoms with Gasteiger partial charge in [-0.25, -0.2) is 4.39 Å². The van der Waals surface area contributed by atoms with Crippen LogP contribution in [-0.2, 0) is 11.2 Å². The number of nitrogens with one attached hydrogen (secondary N) is 2. The molecule has 2 aromatic rings. The van der Waals surface area contributed by atoms with Crippen molar-refractivity contribution >= 4 is 11.8 Å². The summed E-state index contributed by atoms with van der Waals surface area (Å²) in [6, 6.07) is 13.7. The number of carbonyl (C=O) groups excluding carboxylic acids is 2. The van der Waals surface area contributed by atoms with Gasteiger partial charge in [-0.15, -0.1) is 0 Å². The molecule has 0 heterocycles. The summed E-state index contributed by atoms with van der Waals surface area (Å²) in [7, 11) is 0. The highest BCUT2D eigenvalue weighted by molar-refractivity contribution is 5.96. The SMILES string of the molecule is O=C(CNC(=O)c1ccccc1F)N[C@@H]1CCCc2ccccc21. The molecule has 1 aliphatic carbocycles. The zero-order valence-corrected chi connectivity index (χ0v) is 13.2. The van der Waals surface area contributed by atoms with Gasteiger partial charge in [0.15, 0.2) is 0 Å². The fraction of sp³-hybridized carbons (Fsp3) is 0.263. The van der Waals surface area contributed by atoms with Crippen molar-refractivity contribution in [3.8, 4) is 0 Å². The average Bonchev–Trinajstić information content (AvgIpc) is 2.60. The van der Waals surface area contributed by atoms with E-state index < -0.39 is 11.7 Å². The lowest BCUT2D eigenvalue weighted by Crippen LogP contribution is -2.39. The highest BCUT2D eigenvalue weighted by atomic mass is 19.1. The van der Waals surface area contributed by atoms with E-state index in [4.69, 9.17) is 0 Å². The van der Waals surface area contributed by atoms with Gasteiger partial charge >= 0.3 is 0 Å². The van der Waals surface area contributed by atoms with Crippen LogP contribution in [-0.4, -0.2) is 18.4 Å². The molecule has 0 aromatic heterocycles. The van der Waals surface area contributed by atoms with E-state index in [2.05, 4.69) is 16.7 Å².